The van der Waals surface area contributed by atoms with Crippen LogP contribution < -0.4 is 10.2 Å². The van der Waals surface area contributed by atoms with Crippen LogP contribution in [0.4, 0.5) is 28.4 Å². The van der Waals surface area contributed by atoms with Crippen LogP contribution in [-0.2, 0) is 0 Å². The molecular weight excluding hydrogens is 1440 g/mol. The van der Waals surface area contributed by atoms with Gasteiger partial charge in [-0.2, -0.15) is 0 Å². The van der Waals surface area contributed by atoms with Crippen molar-refractivity contribution in [3.63, 3.8) is 0 Å². The van der Waals surface area contributed by atoms with E-state index in [4.69, 9.17) is 0 Å². The minimum Gasteiger partial charge on any atom is -0.354 e. The maximum absolute atomic E-state index is 3.66. The maximum atomic E-state index is 3.66. The number of nitrogens with one attached hydrogen (secondary N) is 1. The lowest BCUT2D eigenvalue weighted by Crippen LogP contribution is -2.10. The van der Waals surface area contributed by atoms with Crippen molar-refractivity contribution in [1.29, 1.82) is 0 Å². The van der Waals surface area contributed by atoms with Crippen molar-refractivity contribution in [3.05, 3.63) is 332 Å². The molecule has 4 aromatic heterocycles. The second-order valence-electron chi connectivity index (χ2n) is 24.0. The summed E-state index contributed by atoms with van der Waals surface area (Å²) in [7, 11) is 0. The molecule has 0 fully saturated rings. The molecule has 98 heavy (non-hydrogen) atoms. The molecule has 2 nitrogen and oxygen atoms in total. The quantitative estimate of drug-likeness (QED) is 0.0972. The molecule has 0 saturated heterocycles. The van der Waals surface area contributed by atoms with Crippen molar-refractivity contribution in [2.24, 2.45) is 0 Å². The molecule has 470 valence electrons. The second-order valence-corrected chi connectivity index (χ2v) is 29.0. The van der Waals surface area contributed by atoms with Gasteiger partial charge in [0.25, 0.3) is 0 Å². The van der Waals surface area contributed by atoms with Crippen molar-refractivity contribution >= 4 is 236 Å². The fourth-order valence-corrected chi connectivity index (χ4v) is 19.3. The van der Waals surface area contributed by atoms with Crippen LogP contribution in [0.2, 0.25) is 0 Å². The largest absolute Gasteiger partial charge is 0.354 e. The lowest BCUT2D eigenvalue weighted by Gasteiger charge is -2.27. The zero-order valence-corrected chi connectivity index (χ0v) is 59.5. The van der Waals surface area contributed by atoms with Gasteiger partial charge in [-0.25, -0.2) is 0 Å². The molecular formula is C90H62BrIN2S4. The third-order valence-corrected chi connectivity index (χ3v) is 24.2. The van der Waals surface area contributed by atoms with E-state index in [2.05, 4.69) is 376 Å². The van der Waals surface area contributed by atoms with E-state index >= 15 is 0 Å². The third-order valence-electron chi connectivity index (χ3n) is 18.5. The van der Waals surface area contributed by atoms with Gasteiger partial charge in [0.15, 0.2) is 0 Å². The Balaban J connectivity index is 0.000000128. The highest BCUT2D eigenvalue weighted by atomic mass is 127. The van der Waals surface area contributed by atoms with E-state index in [0.717, 1.165) is 17.1 Å². The van der Waals surface area contributed by atoms with Crippen molar-refractivity contribution in [2.75, 3.05) is 15.1 Å². The number of benzene rings is 16. The molecule has 0 atom stereocenters. The predicted octanol–water partition coefficient (Wildman–Crippen LogP) is 30.1. The molecule has 4 heterocycles. The van der Waals surface area contributed by atoms with E-state index in [1.54, 1.807) is 0 Å². The first kappa shape index (κ1) is 63.0. The van der Waals surface area contributed by atoms with Gasteiger partial charge in [0.05, 0.1) is 31.2 Å². The Bertz CT molecular complexity index is 6250. The summed E-state index contributed by atoms with van der Waals surface area (Å²) in [5.41, 5.74) is 10.8. The molecule has 1 N–H and O–H groups in total. The summed E-state index contributed by atoms with van der Waals surface area (Å²) in [5.74, 6) is 0. The molecule has 0 aliphatic carbocycles. The molecule has 0 aliphatic heterocycles. The lowest BCUT2D eigenvalue weighted by molar-refractivity contribution is 1.32. The topological polar surface area (TPSA) is 15.3 Å². The summed E-state index contributed by atoms with van der Waals surface area (Å²) in [6, 6.07) is 119. The van der Waals surface area contributed by atoms with E-state index in [-0.39, 0.29) is 7.43 Å². The Morgan fingerprint density at radius 1 is 0.286 bits per heavy atom. The first-order chi connectivity index (χ1) is 48.0. The highest BCUT2D eigenvalue weighted by Gasteiger charge is 2.22. The van der Waals surface area contributed by atoms with Gasteiger partial charge < -0.3 is 10.2 Å². The Kier molecular flexibility index (Phi) is 17.5. The summed E-state index contributed by atoms with van der Waals surface area (Å²) in [5, 5.41) is 24.5. The summed E-state index contributed by atoms with van der Waals surface area (Å²) < 4.78 is 11.7. The van der Waals surface area contributed by atoms with E-state index in [1.165, 1.54) is 162 Å². The minimum atomic E-state index is 0. The van der Waals surface area contributed by atoms with Crippen molar-refractivity contribution in [3.8, 4) is 22.3 Å². The number of rotatable bonds is 7. The summed E-state index contributed by atoms with van der Waals surface area (Å²) in [4.78, 5) is 4.45. The molecule has 0 radical (unpaired) electrons. The molecule has 0 aliphatic rings. The van der Waals surface area contributed by atoms with Gasteiger partial charge in [-0.3, -0.25) is 0 Å². The van der Waals surface area contributed by atoms with Gasteiger partial charge in [-0.1, -0.05) is 273 Å². The van der Waals surface area contributed by atoms with Crippen molar-refractivity contribution in [2.45, 2.75) is 7.43 Å². The molecule has 0 spiro atoms. The van der Waals surface area contributed by atoms with Gasteiger partial charge in [0.2, 0.25) is 0 Å². The average molecular weight is 1510 g/mol. The van der Waals surface area contributed by atoms with Gasteiger partial charge >= 0.3 is 0 Å². The van der Waals surface area contributed by atoms with E-state index in [0.29, 0.717) is 0 Å². The Morgan fingerprint density at radius 3 is 1.07 bits per heavy atom. The molecule has 0 amide bonds. The van der Waals surface area contributed by atoms with Crippen LogP contribution in [0.3, 0.4) is 0 Å². The smallest absolute Gasteiger partial charge is 0.0640 e. The number of alkyl halides is 1. The summed E-state index contributed by atoms with van der Waals surface area (Å²) >= 11 is 13.2. The average Bonchev–Trinajstić information content (AvgIpc) is 1.43. The van der Waals surface area contributed by atoms with Gasteiger partial charge in [0.1, 0.15) is 0 Å². The lowest BCUT2D eigenvalue weighted by atomic mass is 9.93. The highest BCUT2D eigenvalue weighted by Crippen LogP contribution is 2.50. The number of anilines is 5. The fourth-order valence-electron chi connectivity index (χ4n) is 14.0. The number of thiophene rings is 4. The highest BCUT2D eigenvalue weighted by molar-refractivity contribution is 14.1. The molecule has 8 heteroatoms. The molecule has 16 aromatic carbocycles. The molecule has 20 rings (SSSR count). The standard InChI is InChI=1S/C44H27NS2.C32H21NS.C12H7BrS.CH3I.CH4/c1-2-12-31-29(11-1)27-38(33-14-4-3-13-32(31)33)28-23-25-30(26-24-28)45(39-19-9-17-36-34-15-5-7-21-41(34)46-43(36)39)40-20-10-18-37-35-16-6-8-22-42(35)47-44(37)40;1-2-9-24-22(8-1)20-29(26-11-4-3-10-25(24)26)21-16-18-23(19-17-21)33-30-14-7-13-28-27-12-5-6-15-31(27)34-32(28)30;13-10-6-3-5-9-8-4-1-2-7-11(8)14-12(9)10;1-2;/h1-27H;1-20,33H;1-7H;1H3;1H4. The van der Waals surface area contributed by atoms with Crippen LogP contribution in [-0.4, -0.2) is 4.93 Å². The molecule has 20 aromatic rings. The second kappa shape index (κ2) is 27.3. The third kappa shape index (κ3) is 11.4. The maximum Gasteiger partial charge on any atom is 0.0640 e. The number of halogens is 2. The monoisotopic (exact) mass is 1500 g/mol. The van der Waals surface area contributed by atoms with Crippen LogP contribution in [0.1, 0.15) is 7.43 Å². The van der Waals surface area contributed by atoms with Crippen LogP contribution in [0.25, 0.3) is 146 Å². The van der Waals surface area contributed by atoms with E-state index in [9.17, 15) is 0 Å². The van der Waals surface area contributed by atoms with E-state index in [1.807, 2.05) is 50.3 Å². The molecule has 0 unspecified atom stereocenters. The first-order valence-corrected chi connectivity index (χ1v) is 38.5. The van der Waals surface area contributed by atoms with Gasteiger partial charge in [-0.15, -0.1) is 45.3 Å². The van der Waals surface area contributed by atoms with Crippen LogP contribution in [0.5, 0.6) is 0 Å². The zero-order chi connectivity index (χ0) is 64.9. The molecule has 0 saturated carbocycles. The van der Waals surface area contributed by atoms with Crippen LogP contribution in [0, 0.1) is 0 Å². The zero-order valence-electron chi connectivity index (χ0n) is 52.5. The van der Waals surface area contributed by atoms with Crippen molar-refractivity contribution < 1.29 is 0 Å². The van der Waals surface area contributed by atoms with Gasteiger partial charge in [0, 0.05) is 82.4 Å². The Labute approximate surface area is 607 Å². The predicted molar refractivity (Wildman–Crippen MR) is 451 cm³/mol. The fraction of sp³-hybridized carbons (Fsp3) is 0.0222. The first-order valence-electron chi connectivity index (χ1n) is 32.3. The number of fused-ring (bicyclic) bond motifs is 18. The number of hydrogen-bond acceptors (Lipinski definition) is 6. The minimum absolute atomic E-state index is 0. The Hall–Kier alpha value is -9.75. The molecule has 0 bridgehead atoms. The Morgan fingerprint density at radius 2 is 0.612 bits per heavy atom. The summed E-state index contributed by atoms with van der Waals surface area (Å²) in [6.45, 7) is 0. The van der Waals surface area contributed by atoms with Gasteiger partial charge in [-0.05, 0) is 171 Å². The summed E-state index contributed by atoms with van der Waals surface area (Å²) in [6.07, 6.45) is 0. The normalized spacial score (nSPS) is 11.3. The SMILES string of the molecule is Brc1cccc2c1sc1ccccc12.C.CI.c1ccc2c(c1)cc(-c1ccc(N(c3cccc4c3sc3ccccc34)c3cccc4c3sc3ccccc34)cc1)c1ccccc12.c1ccc2c(c1)cc(-c1ccc(Nc3cccc4c3sc3ccccc34)cc1)c1ccccc12. The van der Waals surface area contributed by atoms with Crippen LogP contribution >= 0.6 is 83.9 Å². The van der Waals surface area contributed by atoms with E-state index < -0.39 is 0 Å². The number of hydrogen-bond donors (Lipinski definition) is 1. The van der Waals surface area contributed by atoms with Crippen molar-refractivity contribution in [1.82, 2.24) is 0 Å². The number of nitrogens with zero attached hydrogens (tertiary/aromatic N) is 1. The van der Waals surface area contributed by atoms with Crippen LogP contribution in [0.15, 0.2) is 332 Å².